The zero-order chi connectivity index (χ0) is 23.9. The van der Waals surface area contributed by atoms with E-state index in [4.69, 9.17) is 15.2 Å². The maximum Gasteiger partial charge on any atom is 0.257 e. The van der Waals surface area contributed by atoms with E-state index < -0.39 is 5.91 Å². The van der Waals surface area contributed by atoms with Gasteiger partial charge in [0.2, 0.25) is 5.43 Å². The van der Waals surface area contributed by atoms with Gasteiger partial charge >= 0.3 is 0 Å². The normalized spacial score (nSPS) is 15.2. The molecule has 1 aromatic heterocycles. The number of rotatable bonds is 9. The molecule has 0 radical (unpaired) electrons. The average Bonchev–Trinajstić information content (AvgIpc) is 2.87. The molecule has 8 heteroatoms. The van der Waals surface area contributed by atoms with Crippen molar-refractivity contribution in [1.82, 2.24) is 15.2 Å². The van der Waals surface area contributed by atoms with Gasteiger partial charge < -0.3 is 25.5 Å². The van der Waals surface area contributed by atoms with Gasteiger partial charge in [-0.1, -0.05) is 24.3 Å². The quantitative estimate of drug-likeness (QED) is 0.449. The highest BCUT2D eigenvalue weighted by atomic mass is 16.5. The number of fused-ring (bicyclic) bond motifs is 1. The van der Waals surface area contributed by atoms with Crippen LogP contribution in [-0.4, -0.2) is 55.2 Å². The summed E-state index contributed by atoms with van der Waals surface area (Å²) in [5.41, 5.74) is 8.79. The minimum Gasteiger partial charge on any atom is -0.494 e. The lowest BCUT2D eigenvalue weighted by molar-refractivity contribution is 0.0366. The van der Waals surface area contributed by atoms with Gasteiger partial charge in [-0.25, -0.2) is 0 Å². The third-order valence-electron chi connectivity index (χ3n) is 6.13. The molecule has 4 rings (SSSR count). The molecule has 1 aliphatic rings. The maximum absolute atomic E-state index is 12.9. The molecule has 34 heavy (non-hydrogen) atoms. The van der Waals surface area contributed by atoms with Crippen molar-refractivity contribution in [2.75, 3.05) is 39.5 Å². The number of H-pyrrole nitrogens is 1. The fraction of sp³-hybridized carbons (Fsp3) is 0.385. The largest absolute Gasteiger partial charge is 0.494 e. The van der Waals surface area contributed by atoms with Gasteiger partial charge in [-0.2, -0.15) is 0 Å². The molecule has 8 nitrogen and oxygen atoms in total. The highest BCUT2D eigenvalue weighted by Gasteiger charge is 2.15. The Morgan fingerprint density at radius 1 is 1.21 bits per heavy atom. The van der Waals surface area contributed by atoms with Crippen LogP contribution in [0.4, 0.5) is 0 Å². The minimum absolute atomic E-state index is 0.0378. The summed E-state index contributed by atoms with van der Waals surface area (Å²) in [6.45, 7) is 7.14. The molecule has 2 aromatic carbocycles. The Labute approximate surface area is 199 Å². The standard InChI is InChI=1S/C26H32N4O4/c1-2-34-20-7-8-24-21(15-20)25(31)22(17-28-24)26(32)29-16-18-3-5-19(6-4-18)23(27)9-10-30-11-13-33-14-12-30/h3-8,15,17,23H,2,9-14,16,27H2,1H3,(H,28,31)(H,29,32). The Balaban J connectivity index is 1.35. The fourth-order valence-electron chi connectivity index (χ4n) is 4.10. The van der Waals surface area contributed by atoms with Crippen LogP contribution in [0.1, 0.15) is 40.9 Å². The van der Waals surface area contributed by atoms with Crippen molar-refractivity contribution in [2.24, 2.45) is 5.73 Å². The van der Waals surface area contributed by atoms with Crippen LogP contribution in [0.3, 0.4) is 0 Å². The smallest absolute Gasteiger partial charge is 0.257 e. The van der Waals surface area contributed by atoms with E-state index in [0.717, 1.165) is 50.4 Å². The number of nitrogens with two attached hydrogens (primary N) is 1. The van der Waals surface area contributed by atoms with E-state index in [1.165, 1.54) is 6.20 Å². The Hall–Kier alpha value is -3.20. The molecular weight excluding hydrogens is 432 g/mol. The van der Waals surface area contributed by atoms with E-state index in [9.17, 15) is 9.59 Å². The molecule has 1 aliphatic heterocycles. The van der Waals surface area contributed by atoms with Crippen molar-refractivity contribution in [2.45, 2.75) is 25.9 Å². The molecule has 0 bridgehead atoms. The van der Waals surface area contributed by atoms with E-state index in [-0.39, 0.29) is 17.0 Å². The molecule has 1 unspecified atom stereocenters. The molecule has 3 aromatic rings. The van der Waals surface area contributed by atoms with E-state index in [1.54, 1.807) is 18.2 Å². The van der Waals surface area contributed by atoms with Crippen LogP contribution in [0.5, 0.6) is 5.75 Å². The van der Waals surface area contributed by atoms with Crippen LogP contribution in [0, 0.1) is 0 Å². The lowest BCUT2D eigenvalue weighted by atomic mass is 10.0. The van der Waals surface area contributed by atoms with Gasteiger partial charge in [0.05, 0.1) is 19.8 Å². The van der Waals surface area contributed by atoms with Gasteiger partial charge in [-0.05, 0) is 42.7 Å². The van der Waals surface area contributed by atoms with Crippen LogP contribution in [0.2, 0.25) is 0 Å². The third kappa shape index (κ3) is 5.83. The summed E-state index contributed by atoms with van der Waals surface area (Å²) in [5, 5.41) is 3.26. The number of carbonyl (C=O) groups is 1. The predicted molar refractivity (Wildman–Crippen MR) is 132 cm³/mol. The summed E-state index contributed by atoms with van der Waals surface area (Å²) < 4.78 is 10.9. The number of carbonyl (C=O) groups excluding carboxylic acids is 1. The van der Waals surface area contributed by atoms with Crippen LogP contribution >= 0.6 is 0 Å². The van der Waals surface area contributed by atoms with Gasteiger partial charge in [0.1, 0.15) is 11.3 Å². The van der Waals surface area contributed by atoms with Gasteiger partial charge in [0.15, 0.2) is 0 Å². The van der Waals surface area contributed by atoms with Crippen LogP contribution < -0.4 is 21.2 Å². The minimum atomic E-state index is -0.420. The molecule has 2 heterocycles. The first kappa shape index (κ1) is 23.9. The Morgan fingerprint density at radius 2 is 1.97 bits per heavy atom. The first-order chi connectivity index (χ1) is 16.5. The lowest BCUT2D eigenvalue weighted by Crippen LogP contribution is -2.37. The van der Waals surface area contributed by atoms with Crippen molar-refractivity contribution in [1.29, 1.82) is 0 Å². The van der Waals surface area contributed by atoms with E-state index in [1.807, 2.05) is 31.2 Å². The number of aromatic nitrogens is 1. The summed E-state index contributed by atoms with van der Waals surface area (Å²) in [7, 11) is 0. The molecule has 1 saturated heterocycles. The highest BCUT2D eigenvalue weighted by Crippen LogP contribution is 2.18. The number of pyridine rings is 1. The number of hydrogen-bond acceptors (Lipinski definition) is 6. The Bertz CT molecular complexity index is 1170. The SMILES string of the molecule is CCOc1ccc2[nH]cc(C(=O)NCc3ccc(C(N)CCN4CCOCC4)cc3)c(=O)c2c1. The zero-order valence-corrected chi connectivity index (χ0v) is 19.5. The van der Waals surface area contributed by atoms with E-state index in [0.29, 0.717) is 29.8 Å². The second-order valence-electron chi connectivity index (χ2n) is 8.45. The highest BCUT2D eigenvalue weighted by molar-refractivity contribution is 5.97. The molecule has 1 atom stereocenters. The van der Waals surface area contributed by atoms with Crippen molar-refractivity contribution in [3.63, 3.8) is 0 Å². The van der Waals surface area contributed by atoms with Crippen LogP contribution in [0.15, 0.2) is 53.5 Å². The van der Waals surface area contributed by atoms with E-state index >= 15 is 0 Å². The number of benzene rings is 2. The predicted octanol–water partition coefficient (Wildman–Crippen LogP) is 2.58. The van der Waals surface area contributed by atoms with Gasteiger partial charge in [-0.3, -0.25) is 14.5 Å². The van der Waals surface area contributed by atoms with Crippen molar-refractivity contribution in [3.8, 4) is 5.75 Å². The number of aromatic amines is 1. The second kappa shape index (κ2) is 11.3. The Morgan fingerprint density at radius 3 is 2.71 bits per heavy atom. The molecular formula is C26H32N4O4. The van der Waals surface area contributed by atoms with Gasteiger partial charge in [-0.15, -0.1) is 0 Å². The van der Waals surface area contributed by atoms with Crippen molar-refractivity contribution < 1.29 is 14.3 Å². The number of hydrogen-bond donors (Lipinski definition) is 3. The van der Waals surface area contributed by atoms with Crippen LogP contribution in [-0.2, 0) is 11.3 Å². The van der Waals surface area contributed by atoms with Crippen molar-refractivity contribution >= 4 is 16.8 Å². The topological polar surface area (TPSA) is 110 Å². The summed E-state index contributed by atoms with van der Waals surface area (Å²) in [5.74, 6) is 0.178. The summed E-state index contributed by atoms with van der Waals surface area (Å²) in [6.07, 6.45) is 2.34. The molecule has 4 N–H and O–H groups in total. The first-order valence-corrected chi connectivity index (χ1v) is 11.8. The van der Waals surface area contributed by atoms with Gasteiger partial charge in [0.25, 0.3) is 5.91 Å². The number of nitrogens with zero attached hydrogens (tertiary/aromatic N) is 1. The fourth-order valence-corrected chi connectivity index (χ4v) is 4.10. The summed E-state index contributed by atoms with van der Waals surface area (Å²) in [4.78, 5) is 31.0. The summed E-state index contributed by atoms with van der Waals surface area (Å²) in [6, 6.07) is 13.1. The van der Waals surface area contributed by atoms with Crippen molar-refractivity contribution in [3.05, 3.63) is 75.6 Å². The third-order valence-corrected chi connectivity index (χ3v) is 6.13. The monoisotopic (exact) mass is 464 g/mol. The molecule has 0 saturated carbocycles. The summed E-state index contributed by atoms with van der Waals surface area (Å²) >= 11 is 0. The molecule has 180 valence electrons. The molecule has 1 amide bonds. The zero-order valence-electron chi connectivity index (χ0n) is 19.5. The number of ether oxygens (including phenoxy) is 2. The van der Waals surface area contributed by atoms with Crippen LogP contribution in [0.25, 0.3) is 10.9 Å². The molecule has 1 fully saturated rings. The average molecular weight is 465 g/mol. The second-order valence-corrected chi connectivity index (χ2v) is 8.45. The molecule has 0 aliphatic carbocycles. The van der Waals surface area contributed by atoms with Gasteiger partial charge in [0, 0.05) is 49.3 Å². The molecule has 0 spiro atoms. The first-order valence-electron chi connectivity index (χ1n) is 11.8. The number of amides is 1. The number of nitrogens with one attached hydrogen (secondary N) is 2. The Kier molecular flexibility index (Phi) is 7.95. The maximum atomic E-state index is 12.9. The number of morpholine rings is 1. The van der Waals surface area contributed by atoms with E-state index in [2.05, 4.69) is 15.2 Å². The lowest BCUT2D eigenvalue weighted by Gasteiger charge is -2.27.